The summed E-state index contributed by atoms with van der Waals surface area (Å²) in [6.45, 7) is 3.21. The molecule has 0 bridgehead atoms. The molecule has 138 valence electrons. The largest absolute Gasteiger partial charge is 0.445 e. The zero-order chi connectivity index (χ0) is 18.4. The summed E-state index contributed by atoms with van der Waals surface area (Å²) in [4.78, 5) is 16.7. The fourth-order valence-corrected chi connectivity index (χ4v) is 3.52. The lowest BCUT2D eigenvalue weighted by Crippen LogP contribution is -2.38. The molecule has 1 atom stereocenters. The number of benzene rings is 2. The normalized spacial score (nSPS) is 15.6. The standard InChI is InChI=1S/C21H25ClN2O2/c1-23(21(25)26-16-17-8-3-2-4-9-17)20(15-24-12-5-6-13-24)18-10-7-11-19(22)14-18/h2-4,7-11,14,20H,5-6,12-13,15-16H2,1H3/t20-/m0/s1. The van der Waals surface area contributed by atoms with Gasteiger partial charge in [-0.05, 0) is 49.2 Å². The van der Waals surface area contributed by atoms with Gasteiger partial charge in [0.2, 0.25) is 0 Å². The molecule has 1 saturated heterocycles. The number of ether oxygens (including phenoxy) is 1. The topological polar surface area (TPSA) is 32.8 Å². The number of halogens is 1. The van der Waals surface area contributed by atoms with E-state index in [0.29, 0.717) is 5.02 Å². The van der Waals surface area contributed by atoms with Crippen LogP contribution >= 0.6 is 11.6 Å². The van der Waals surface area contributed by atoms with E-state index in [-0.39, 0.29) is 18.7 Å². The van der Waals surface area contributed by atoms with Crippen LogP contribution in [0.25, 0.3) is 0 Å². The minimum atomic E-state index is -0.321. The van der Waals surface area contributed by atoms with Crippen LogP contribution in [0.15, 0.2) is 54.6 Å². The number of carbonyl (C=O) groups is 1. The molecule has 0 N–H and O–H groups in total. The molecule has 3 rings (SSSR count). The average molecular weight is 373 g/mol. The fourth-order valence-electron chi connectivity index (χ4n) is 3.32. The molecule has 0 aromatic heterocycles. The van der Waals surface area contributed by atoms with Crippen molar-refractivity contribution in [3.63, 3.8) is 0 Å². The predicted octanol–water partition coefficient (Wildman–Crippen LogP) is 4.75. The molecule has 1 amide bonds. The second kappa shape index (κ2) is 9.06. The van der Waals surface area contributed by atoms with Gasteiger partial charge in [-0.1, -0.05) is 54.1 Å². The Kier molecular flexibility index (Phi) is 6.53. The minimum Gasteiger partial charge on any atom is -0.445 e. The number of likely N-dealkylation sites (N-methyl/N-ethyl adjacent to an activating group) is 1. The van der Waals surface area contributed by atoms with Gasteiger partial charge in [-0.25, -0.2) is 4.79 Å². The first-order valence-corrected chi connectivity index (χ1v) is 9.42. The van der Waals surface area contributed by atoms with Crippen molar-refractivity contribution >= 4 is 17.7 Å². The Labute approximate surface area is 160 Å². The van der Waals surface area contributed by atoms with Gasteiger partial charge in [0.1, 0.15) is 6.61 Å². The Morgan fingerprint density at radius 1 is 1.15 bits per heavy atom. The Morgan fingerprint density at radius 3 is 2.58 bits per heavy atom. The van der Waals surface area contributed by atoms with Gasteiger partial charge in [-0.3, -0.25) is 0 Å². The summed E-state index contributed by atoms with van der Waals surface area (Å²) in [6, 6.07) is 17.4. The van der Waals surface area contributed by atoms with Gasteiger partial charge in [-0.15, -0.1) is 0 Å². The van der Waals surface area contributed by atoms with Crippen LogP contribution in [0.3, 0.4) is 0 Å². The van der Waals surface area contributed by atoms with Crippen molar-refractivity contribution in [2.75, 3.05) is 26.7 Å². The van der Waals surface area contributed by atoms with E-state index in [9.17, 15) is 4.79 Å². The zero-order valence-corrected chi connectivity index (χ0v) is 15.9. The van der Waals surface area contributed by atoms with Crippen LogP contribution in [0.5, 0.6) is 0 Å². The summed E-state index contributed by atoms with van der Waals surface area (Å²) < 4.78 is 5.52. The van der Waals surface area contributed by atoms with Crippen molar-refractivity contribution in [2.24, 2.45) is 0 Å². The number of carbonyl (C=O) groups excluding carboxylic acids is 1. The van der Waals surface area contributed by atoms with Crippen LogP contribution in [-0.4, -0.2) is 42.6 Å². The van der Waals surface area contributed by atoms with Crippen molar-refractivity contribution in [2.45, 2.75) is 25.5 Å². The van der Waals surface area contributed by atoms with Gasteiger partial charge in [0, 0.05) is 18.6 Å². The highest BCUT2D eigenvalue weighted by atomic mass is 35.5. The van der Waals surface area contributed by atoms with E-state index in [1.54, 1.807) is 11.9 Å². The highest BCUT2D eigenvalue weighted by Gasteiger charge is 2.26. The molecule has 0 radical (unpaired) electrons. The Balaban J connectivity index is 1.70. The van der Waals surface area contributed by atoms with Crippen LogP contribution in [0.1, 0.15) is 30.0 Å². The molecule has 5 heteroatoms. The molecule has 1 heterocycles. The molecule has 0 aliphatic carbocycles. The summed E-state index contributed by atoms with van der Waals surface area (Å²) in [5.41, 5.74) is 2.01. The molecule has 0 saturated carbocycles. The van der Waals surface area contributed by atoms with E-state index in [1.807, 2.05) is 54.6 Å². The third kappa shape index (κ3) is 4.99. The SMILES string of the molecule is CN(C(=O)OCc1ccccc1)[C@@H](CN1CCCC1)c1cccc(Cl)c1. The van der Waals surface area contributed by atoms with E-state index < -0.39 is 0 Å². The smallest absolute Gasteiger partial charge is 0.410 e. The van der Waals surface area contributed by atoms with Gasteiger partial charge in [0.05, 0.1) is 6.04 Å². The summed E-state index contributed by atoms with van der Waals surface area (Å²) in [5.74, 6) is 0. The van der Waals surface area contributed by atoms with Crippen molar-refractivity contribution in [1.82, 2.24) is 9.80 Å². The Bertz CT molecular complexity index is 717. The van der Waals surface area contributed by atoms with Crippen LogP contribution in [-0.2, 0) is 11.3 Å². The van der Waals surface area contributed by atoms with Crippen molar-refractivity contribution in [3.05, 3.63) is 70.7 Å². The van der Waals surface area contributed by atoms with E-state index in [0.717, 1.165) is 30.8 Å². The van der Waals surface area contributed by atoms with Crippen LogP contribution in [0, 0.1) is 0 Å². The average Bonchev–Trinajstić information content (AvgIpc) is 3.18. The first-order valence-electron chi connectivity index (χ1n) is 9.05. The first-order chi connectivity index (χ1) is 12.6. The summed E-state index contributed by atoms with van der Waals surface area (Å²) in [7, 11) is 1.80. The molecule has 0 spiro atoms. The maximum atomic E-state index is 12.6. The Hall–Kier alpha value is -2.04. The maximum absolute atomic E-state index is 12.6. The molecule has 2 aromatic rings. The molecular formula is C21H25ClN2O2. The Morgan fingerprint density at radius 2 is 1.88 bits per heavy atom. The van der Waals surface area contributed by atoms with E-state index in [1.165, 1.54) is 12.8 Å². The third-order valence-electron chi connectivity index (χ3n) is 4.82. The molecule has 0 unspecified atom stereocenters. The lowest BCUT2D eigenvalue weighted by Gasteiger charge is -2.31. The van der Waals surface area contributed by atoms with E-state index in [2.05, 4.69) is 4.90 Å². The lowest BCUT2D eigenvalue weighted by atomic mass is 10.1. The quantitative estimate of drug-likeness (QED) is 0.733. The highest BCUT2D eigenvalue weighted by Crippen LogP contribution is 2.26. The summed E-state index contributed by atoms with van der Waals surface area (Å²) in [5, 5.41) is 0.681. The molecular weight excluding hydrogens is 348 g/mol. The molecule has 4 nitrogen and oxygen atoms in total. The van der Waals surface area contributed by atoms with Crippen LogP contribution < -0.4 is 0 Å². The zero-order valence-electron chi connectivity index (χ0n) is 15.1. The number of nitrogens with zero attached hydrogens (tertiary/aromatic N) is 2. The molecule has 2 aromatic carbocycles. The monoisotopic (exact) mass is 372 g/mol. The van der Waals surface area contributed by atoms with Crippen molar-refractivity contribution in [3.8, 4) is 0 Å². The van der Waals surface area contributed by atoms with Gasteiger partial charge in [0.25, 0.3) is 0 Å². The predicted molar refractivity (Wildman–Crippen MR) is 104 cm³/mol. The van der Waals surface area contributed by atoms with Crippen LogP contribution in [0.4, 0.5) is 4.79 Å². The van der Waals surface area contributed by atoms with Gasteiger partial charge in [0.15, 0.2) is 0 Å². The van der Waals surface area contributed by atoms with Gasteiger partial charge in [-0.2, -0.15) is 0 Å². The van der Waals surface area contributed by atoms with E-state index in [4.69, 9.17) is 16.3 Å². The first kappa shape index (κ1) is 18.7. The number of hydrogen-bond acceptors (Lipinski definition) is 3. The number of likely N-dealkylation sites (tertiary alicyclic amines) is 1. The van der Waals surface area contributed by atoms with Gasteiger partial charge < -0.3 is 14.5 Å². The van der Waals surface area contributed by atoms with Crippen LogP contribution in [0.2, 0.25) is 5.02 Å². The van der Waals surface area contributed by atoms with Gasteiger partial charge >= 0.3 is 6.09 Å². The fraction of sp³-hybridized carbons (Fsp3) is 0.381. The van der Waals surface area contributed by atoms with Crippen molar-refractivity contribution in [1.29, 1.82) is 0 Å². The summed E-state index contributed by atoms with van der Waals surface area (Å²) >= 11 is 6.18. The molecule has 1 fully saturated rings. The third-order valence-corrected chi connectivity index (χ3v) is 5.06. The van der Waals surface area contributed by atoms with E-state index >= 15 is 0 Å². The second-order valence-corrected chi connectivity index (χ2v) is 7.17. The number of rotatable bonds is 6. The lowest BCUT2D eigenvalue weighted by molar-refractivity contribution is 0.0834. The molecule has 26 heavy (non-hydrogen) atoms. The summed E-state index contributed by atoms with van der Waals surface area (Å²) in [6.07, 6.45) is 2.10. The molecule has 1 aliphatic heterocycles. The molecule has 1 aliphatic rings. The highest BCUT2D eigenvalue weighted by molar-refractivity contribution is 6.30. The number of hydrogen-bond donors (Lipinski definition) is 0. The second-order valence-electron chi connectivity index (χ2n) is 6.73. The maximum Gasteiger partial charge on any atom is 0.410 e. The number of amides is 1. The van der Waals surface area contributed by atoms with Crippen molar-refractivity contribution < 1.29 is 9.53 Å². The minimum absolute atomic E-state index is 0.0879.